The van der Waals surface area contributed by atoms with Gasteiger partial charge in [0.1, 0.15) is 6.54 Å². The van der Waals surface area contributed by atoms with Gasteiger partial charge in [0.15, 0.2) is 12.4 Å². The van der Waals surface area contributed by atoms with Crippen molar-refractivity contribution in [1.82, 2.24) is 15.1 Å². The van der Waals surface area contributed by atoms with E-state index in [4.69, 9.17) is 0 Å². The molecule has 3 rings (SSSR count). The molecule has 1 heterocycles. The van der Waals surface area contributed by atoms with E-state index in [9.17, 15) is 9.59 Å². The zero-order valence-electron chi connectivity index (χ0n) is 33.3. The van der Waals surface area contributed by atoms with Gasteiger partial charge in [-0.3, -0.25) is 9.59 Å². The number of carbonyl (C=O) groups excluding carboxylic acids is 2. The van der Waals surface area contributed by atoms with Crippen molar-refractivity contribution in [3.05, 3.63) is 131 Å². The average Bonchev–Trinajstić information content (AvgIpc) is 3.18. The summed E-state index contributed by atoms with van der Waals surface area (Å²) < 4.78 is 2.21. The number of hydrogen-bond donors (Lipinski definition) is 1. The van der Waals surface area contributed by atoms with Gasteiger partial charge in [0.05, 0.1) is 0 Å². The molecule has 1 aromatic heterocycles. The predicted octanol–water partition coefficient (Wildman–Crippen LogP) is 9.94. The van der Waals surface area contributed by atoms with E-state index in [0.29, 0.717) is 12.8 Å². The molecule has 0 fully saturated rings. The summed E-state index contributed by atoms with van der Waals surface area (Å²) in [4.78, 5) is 28.9. The van der Waals surface area contributed by atoms with E-state index < -0.39 is 0 Å². The second-order valence-corrected chi connectivity index (χ2v) is 16.5. The van der Waals surface area contributed by atoms with E-state index in [2.05, 4.69) is 133 Å². The number of pyridine rings is 1. The van der Waals surface area contributed by atoms with E-state index in [1.165, 1.54) is 27.8 Å². The number of rotatable bonds is 25. The Hall–Kier alpha value is -4.01. The summed E-state index contributed by atoms with van der Waals surface area (Å²) in [5.74, 6) is 2.35. The Bertz CT molecular complexity index is 1630. The van der Waals surface area contributed by atoms with Crippen LogP contribution in [0.25, 0.3) is 18.2 Å². The van der Waals surface area contributed by atoms with E-state index in [-0.39, 0.29) is 11.8 Å². The van der Waals surface area contributed by atoms with Crippen LogP contribution in [0, 0.1) is 13.8 Å². The van der Waals surface area contributed by atoms with Gasteiger partial charge in [0.2, 0.25) is 11.8 Å². The lowest BCUT2D eigenvalue weighted by molar-refractivity contribution is -0.697. The summed E-state index contributed by atoms with van der Waals surface area (Å²) in [5.41, 5.74) is 7.28. The van der Waals surface area contributed by atoms with Gasteiger partial charge in [-0.15, -0.1) is 0 Å². The second kappa shape index (κ2) is 26.7. The molecule has 0 bridgehead atoms. The van der Waals surface area contributed by atoms with Crippen LogP contribution < -0.4 is 9.88 Å². The van der Waals surface area contributed by atoms with Crippen LogP contribution in [0.3, 0.4) is 0 Å². The number of allylic oxidation sites excluding steroid dienone is 4. The number of hydrogen-bond acceptors (Lipinski definition) is 5. The highest BCUT2D eigenvalue weighted by Crippen LogP contribution is 2.24. The fourth-order valence-corrected chi connectivity index (χ4v) is 7.66. The van der Waals surface area contributed by atoms with Crippen molar-refractivity contribution in [2.45, 2.75) is 78.7 Å². The van der Waals surface area contributed by atoms with Crippen LogP contribution in [0.1, 0.15) is 86.1 Å². The minimum absolute atomic E-state index is 0.221. The number of aromatic nitrogens is 1. The minimum Gasteiger partial charge on any atom is -0.391 e. The zero-order valence-corrected chi connectivity index (χ0v) is 35.0. The minimum atomic E-state index is 0.221. The third kappa shape index (κ3) is 19.4. The van der Waals surface area contributed by atoms with E-state index >= 15 is 0 Å². The van der Waals surface area contributed by atoms with E-state index in [0.717, 1.165) is 81.8 Å². The summed E-state index contributed by atoms with van der Waals surface area (Å²) in [6.45, 7) is 9.66. The van der Waals surface area contributed by atoms with Crippen molar-refractivity contribution in [3.8, 4) is 0 Å². The van der Waals surface area contributed by atoms with Gasteiger partial charge < -0.3 is 15.1 Å². The van der Waals surface area contributed by atoms with Crippen molar-refractivity contribution in [2.24, 2.45) is 0 Å². The monoisotopic (exact) mass is 767 g/mol. The molecule has 0 aliphatic rings. The molecular formula is C46H63N4O2S2+. The highest BCUT2D eigenvalue weighted by atomic mass is 33.1. The van der Waals surface area contributed by atoms with Crippen LogP contribution in [-0.2, 0) is 16.1 Å². The Labute approximate surface area is 334 Å². The Morgan fingerprint density at radius 3 is 1.69 bits per heavy atom. The van der Waals surface area contributed by atoms with Crippen LogP contribution in [0.5, 0.6) is 0 Å². The normalized spacial score (nSPS) is 11.9. The summed E-state index contributed by atoms with van der Waals surface area (Å²) in [7, 11) is 7.45. The van der Waals surface area contributed by atoms with E-state index in [1.807, 2.05) is 58.6 Å². The smallest absolute Gasteiger partial charge is 0.222 e. The molecule has 8 heteroatoms. The number of aryl methyl sites for hydroxylation is 3. The molecule has 0 aliphatic carbocycles. The van der Waals surface area contributed by atoms with Gasteiger partial charge in [-0.2, -0.15) is 0 Å². The molecule has 1 N–H and O–H groups in total. The Kier molecular flexibility index (Phi) is 22.0. The molecular weight excluding hydrogens is 705 g/mol. The van der Waals surface area contributed by atoms with E-state index in [1.54, 1.807) is 0 Å². The van der Waals surface area contributed by atoms with Crippen LogP contribution in [0.2, 0.25) is 0 Å². The molecule has 2 aromatic carbocycles. The first-order valence-electron chi connectivity index (χ1n) is 19.5. The fraction of sp³-hybridized carbons (Fsp3) is 0.413. The van der Waals surface area contributed by atoms with Gasteiger partial charge in [-0.05, 0) is 87.4 Å². The maximum Gasteiger partial charge on any atom is 0.222 e. The topological polar surface area (TPSA) is 56.5 Å². The molecule has 290 valence electrons. The molecule has 54 heavy (non-hydrogen) atoms. The van der Waals surface area contributed by atoms with Crippen LogP contribution in [0.4, 0.5) is 0 Å². The van der Waals surface area contributed by atoms with Crippen molar-refractivity contribution in [2.75, 3.05) is 45.2 Å². The lowest BCUT2D eigenvalue weighted by Crippen LogP contribution is -2.33. The second-order valence-electron chi connectivity index (χ2n) is 13.8. The number of amides is 2. The molecule has 0 radical (unpaired) electrons. The predicted molar refractivity (Wildman–Crippen MR) is 235 cm³/mol. The molecule has 0 saturated heterocycles. The molecule has 0 saturated carbocycles. The van der Waals surface area contributed by atoms with Gasteiger partial charge in [-0.1, -0.05) is 112 Å². The SMILES string of the molecule is C/C=C(\C=C/NCCCCN(C)C(=O)CCCSSCCCC(=O)N(C)CCCC[n+]1ccc(/C=C/c2ccc(C)cc2)cc1)/C=C/c1ccc(C)cc1. The van der Waals surface area contributed by atoms with Crippen LogP contribution >= 0.6 is 21.6 Å². The van der Waals surface area contributed by atoms with Gasteiger partial charge in [0, 0.05) is 76.6 Å². The number of unbranched alkanes of at least 4 members (excludes halogenated alkanes) is 2. The molecule has 0 spiro atoms. The zero-order chi connectivity index (χ0) is 38.8. The lowest BCUT2D eigenvalue weighted by Gasteiger charge is -2.17. The highest BCUT2D eigenvalue weighted by Gasteiger charge is 2.10. The maximum atomic E-state index is 12.6. The van der Waals surface area contributed by atoms with Crippen molar-refractivity contribution in [1.29, 1.82) is 0 Å². The summed E-state index contributed by atoms with van der Waals surface area (Å²) in [5, 5.41) is 3.37. The standard InChI is InChI=1S/C46H63N4O2S2/c1-6-41(23-24-42-19-15-39(2)16-20-42)27-31-47-30-7-8-32-48(4)45(51)13-11-37-53-54-38-12-14-46(52)49(5)33-9-10-34-50-35-28-44(29-36-50)26-25-43-21-17-40(3)18-22-43/h6,15-29,31,35-36,47H,7-14,30,32-34,37-38H2,1-5H3/q+1/b24-23+,26-25+,31-27-,41-6-. The van der Waals surface area contributed by atoms with Crippen molar-refractivity contribution >= 4 is 51.6 Å². The number of nitrogens with one attached hydrogen (secondary N) is 1. The van der Waals surface area contributed by atoms with Crippen LogP contribution in [-0.4, -0.2) is 66.8 Å². The highest BCUT2D eigenvalue weighted by molar-refractivity contribution is 8.76. The molecule has 6 nitrogen and oxygen atoms in total. The summed E-state index contributed by atoms with van der Waals surface area (Å²) in [6, 6.07) is 21.3. The quantitative estimate of drug-likeness (QED) is 0.0403. The number of carbonyl (C=O) groups is 2. The third-order valence-corrected chi connectivity index (χ3v) is 11.7. The number of benzene rings is 2. The van der Waals surface area contributed by atoms with Gasteiger partial charge in [-0.25, -0.2) is 4.57 Å². The van der Waals surface area contributed by atoms with Crippen molar-refractivity contribution < 1.29 is 14.2 Å². The largest absolute Gasteiger partial charge is 0.391 e. The summed E-state index contributed by atoms with van der Waals surface area (Å²) in [6.07, 6.45) is 26.0. The first kappa shape index (κ1) is 44.4. The van der Waals surface area contributed by atoms with Crippen molar-refractivity contribution in [3.63, 3.8) is 0 Å². The maximum absolute atomic E-state index is 12.6. The lowest BCUT2D eigenvalue weighted by atomic mass is 10.1. The average molecular weight is 768 g/mol. The Balaban J connectivity index is 1.12. The molecule has 3 aromatic rings. The Morgan fingerprint density at radius 2 is 1.15 bits per heavy atom. The van der Waals surface area contributed by atoms with Crippen LogP contribution in [0.15, 0.2) is 103 Å². The molecule has 2 amide bonds. The number of nitrogens with zero attached hydrogens (tertiary/aromatic N) is 3. The fourth-order valence-electron chi connectivity index (χ4n) is 5.49. The Morgan fingerprint density at radius 1 is 0.648 bits per heavy atom. The first-order chi connectivity index (χ1) is 26.2. The first-order valence-corrected chi connectivity index (χ1v) is 22.0. The molecule has 0 unspecified atom stereocenters. The summed E-state index contributed by atoms with van der Waals surface area (Å²) >= 11 is 0. The van der Waals surface area contributed by atoms with Gasteiger partial charge in [0.25, 0.3) is 0 Å². The van der Waals surface area contributed by atoms with Gasteiger partial charge >= 0.3 is 0 Å². The third-order valence-electron chi connectivity index (χ3n) is 9.13. The molecule has 0 atom stereocenters. The molecule has 0 aliphatic heterocycles.